The molecule has 0 saturated heterocycles. The van der Waals surface area contributed by atoms with E-state index in [2.05, 4.69) is 90.4 Å². The van der Waals surface area contributed by atoms with Gasteiger partial charge in [0.05, 0.1) is 11.6 Å². The lowest BCUT2D eigenvalue weighted by atomic mass is 9.77. The van der Waals surface area contributed by atoms with Gasteiger partial charge in [0.25, 0.3) is 0 Å². The summed E-state index contributed by atoms with van der Waals surface area (Å²) in [4.78, 5) is 3.97. The molecule has 2 aliphatic carbocycles. The number of nitrogens with zero attached hydrogens (tertiary/aromatic N) is 1. The summed E-state index contributed by atoms with van der Waals surface area (Å²) in [7, 11) is 4.49. The predicted molar refractivity (Wildman–Crippen MR) is 133 cm³/mol. The molecule has 3 aromatic rings. The largest absolute Gasteiger partial charge is 0.303 e. The van der Waals surface area contributed by atoms with Gasteiger partial charge in [-0.2, -0.15) is 0 Å². The van der Waals surface area contributed by atoms with Crippen molar-refractivity contribution in [2.45, 2.75) is 43.3 Å². The SMILES string of the molecule is CN(C)C1(c2cccs2)CCC(NC2c3ccccc3-c3ccccc32)CC1.Cl.Cl. The first-order chi connectivity index (χ1) is 13.7. The second-order valence-corrected chi connectivity index (χ2v) is 9.40. The molecule has 0 aliphatic heterocycles. The molecule has 1 heterocycles. The van der Waals surface area contributed by atoms with Crippen molar-refractivity contribution < 1.29 is 0 Å². The lowest BCUT2D eigenvalue weighted by Gasteiger charge is -2.45. The van der Waals surface area contributed by atoms with Gasteiger partial charge in [0.1, 0.15) is 0 Å². The number of rotatable bonds is 4. The molecule has 5 heteroatoms. The fourth-order valence-corrected chi connectivity index (χ4v) is 6.36. The molecular formula is C25H30Cl2N2S. The van der Waals surface area contributed by atoms with E-state index in [1.807, 2.05) is 11.3 Å². The summed E-state index contributed by atoms with van der Waals surface area (Å²) in [5.41, 5.74) is 5.87. The molecule has 0 unspecified atom stereocenters. The summed E-state index contributed by atoms with van der Waals surface area (Å²) in [5.74, 6) is 0. The van der Waals surface area contributed by atoms with Crippen LogP contribution in [0, 0.1) is 0 Å². The molecule has 0 amide bonds. The molecule has 5 rings (SSSR count). The van der Waals surface area contributed by atoms with Crippen molar-refractivity contribution in [1.29, 1.82) is 0 Å². The maximum atomic E-state index is 4.04. The van der Waals surface area contributed by atoms with Crippen molar-refractivity contribution in [2.75, 3.05) is 14.1 Å². The molecule has 1 aromatic heterocycles. The average Bonchev–Trinajstić information content (AvgIpc) is 3.37. The number of hydrogen-bond acceptors (Lipinski definition) is 3. The van der Waals surface area contributed by atoms with Gasteiger partial charge in [-0.3, -0.25) is 4.90 Å². The molecule has 0 radical (unpaired) electrons. The van der Waals surface area contributed by atoms with Crippen LogP contribution in [-0.2, 0) is 5.54 Å². The van der Waals surface area contributed by atoms with Crippen LogP contribution in [0.4, 0.5) is 0 Å². The third-order valence-corrected chi connectivity index (χ3v) is 7.95. The van der Waals surface area contributed by atoms with Crippen LogP contribution < -0.4 is 5.32 Å². The molecule has 1 fully saturated rings. The van der Waals surface area contributed by atoms with Crippen LogP contribution in [-0.4, -0.2) is 25.0 Å². The van der Waals surface area contributed by atoms with E-state index in [0.717, 1.165) is 0 Å². The number of benzene rings is 2. The van der Waals surface area contributed by atoms with Crippen molar-refractivity contribution in [3.05, 3.63) is 82.0 Å². The maximum absolute atomic E-state index is 4.04. The topological polar surface area (TPSA) is 15.3 Å². The molecule has 2 aliphatic rings. The minimum Gasteiger partial charge on any atom is -0.303 e. The Kier molecular flexibility index (Phi) is 7.32. The van der Waals surface area contributed by atoms with E-state index < -0.39 is 0 Å². The summed E-state index contributed by atoms with van der Waals surface area (Å²) in [6, 6.07) is 23.2. The zero-order valence-corrected chi connectivity index (χ0v) is 20.0. The van der Waals surface area contributed by atoms with Crippen LogP contribution in [0.3, 0.4) is 0 Å². The van der Waals surface area contributed by atoms with Crippen molar-refractivity contribution in [2.24, 2.45) is 0 Å². The number of fused-ring (bicyclic) bond motifs is 3. The molecular weight excluding hydrogens is 431 g/mol. The second-order valence-electron chi connectivity index (χ2n) is 8.45. The van der Waals surface area contributed by atoms with Gasteiger partial charge in [-0.25, -0.2) is 0 Å². The Bertz CT molecular complexity index is 917. The van der Waals surface area contributed by atoms with Gasteiger partial charge in [0.2, 0.25) is 0 Å². The van der Waals surface area contributed by atoms with Crippen LogP contribution in [0.2, 0.25) is 0 Å². The smallest absolute Gasteiger partial charge is 0.0591 e. The quantitative estimate of drug-likeness (QED) is 0.468. The van der Waals surface area contributed by atoms with Crippen molar-refractivity contribution in [3.63, 3.8) is 0 Å². The summed E-state index contributed by atoms with van der Waals surface area (Å²) in [6.45, 7) is 0. The highest BCUT2D eigenvalue weighted by Gasteiger charge is 2.40. The lowest BCUT2D eigenvalue weighted by molar-refractivity contribution is 0.0878. The molecule has 0 bridgehead atoms. The number of nitrogens with one attached hydrogen (secondary N) is 1. The van der Waals surface area contributed by atoms with Gasteiger partial charge >= 0.3 is 0 Å². The molecule has 160 valence electrons. The van der Waals surface area contributed by atoms with Crippen molar-refractivity contribution in [1.82, 2.24) is 10.2 Å². The van der Waals surface area contributed by atoms with E-state index in [4.69, 9.17) is 0 Å². The number of halogens is 2. The minimum atomic E-state index is 0. The Morgan fingerprint density at radius 2 is 1.40 bits per heavy atom. The van der Waals surface area contributed by atoms with Gasteiger partial charge in [0, 0.05) is 10.9 Å². The van der Waals surface area contributed by atoms with Gasteiger partial charge in [0.15, 0.2) is 0 Å². The van der Waals surface area contributed by atoms with Crippen LogP contribution in [0.5, 0.6) is 0 Å². The number of hydrogen-bond donors (Lipinski definition) is 1. The molecule has 30 heavy (non-hydrogen) atoms. The van der Waals surface area contributed by atoms with Crippen LogP contribution >= 0.6 is 36.2 Å². The lowest BCUT2D eigenvalue weighted by Crippen LogP contribution is -2.47. The fourth-order valence-electron chi connectivity index (χ4n) is 5.29. The molecule has 1 N–H and O–H groups in total. The predicted octanol–water partition coefficient (Wildman–Crippen LogP) is 6.65. The van der Waals surface area contributed by atoms with Crippen LogP contribution in [0.25, 0.3) is 11.1 Å². The first-order valence-electron chi connectivity index (χ1n) is 10.3. The Morgan fingerprint density at radius 3 is 1.90 bits per heavy atom. The molecule has 2 nitrogen and oxygen atoms in total. The van der Waals surface area contributed by atoms with E-state index in [-0.39, 0.29) is 30.4 Å². The summed E-state index contributed by atoms with van der Waals surface area (Å²) >= 11 is 1.91. The summed E-state index contributed by atoms with van der Waals surface area (Å²) in [6.07, 6.45) is 4.87. The maximum Gasteiger partial charge on any atom is 0.0591 e. The average molecular weight is 462 g/mol. The second kappa shape index (κ2) is 9.42. The highest BCUT2D eigenvalue weighted by Crippen LogP contribution is 2.46. The summed E-state index contributed by atoms with van der Waals surface area (Å²) < 4.78 is 0. The van der Waals surface area contributed by atoms with E-state index in [0.29, 0.717) is 12.1 Å². The third-order valence-electron chi connectivity index (χ3n) is 6.88. The van der Waals surface area contributed by atoms with Crippen molar-refractivity contribution >= 4 is 36.2 Å². The number of thiophene rings is 1. The van der Waals surface area contributed by atoms with Gasteiger partial charge in [-0.1, -0.05) is 54.6 Å². The Morgan fingerprint density at radius 1 is 0.833 bits per heavy atom. The van der Waals surface area contributed by atoms with E-state index in [1.54, 1.807) is 0 Å². The van der Waals surface area contributed by atoms with Gasteiger partial charge < -0.3 is 5.32 Å². The van der Waals surface area contributed by atoms with Gasteiger partial charge in [-0.15, -0.1) is 36.2 Å². The highest BCUT2D eigenvalue weighted by molar-refractivity contribution is 7.10. The molecule has 0 atom stereocenters. The Balaban J connectivity index is 0.00000128. The van der Waals surface area contributed by atoms with E-state index in [9.17, 15) is 0 Å². The zero-order chi connectivity index (χ0) is 19.1. The first kappa shape index (κ1) is 23.3. The highest BCUT2D eigenvalue weighted by atomic mass is 35.5. The fraction of sp³-hybridized carbons (Fsp3) is 0.360. The van der Waals surface area contributed by atoms with Crippen LogP contribution in [0.1, 0.15) is 47.7 Å². The molecule has 2 aromatic carbocycles. The van der Waals surface area contributed by atoms with E-state index >= 15 is 0 Å². The normalized spacial score (nSPS) is 22.7. The molecule has 1 saturated carbocycles. The zero-order valence-electron chi connectivity index (χ0n) is 17.5. The monoisotopic (exact) mass is 460 g/mol. The molecule has 0 spiro atoms. The van der Waals surface area contributed by atoms with E-state index in [1.165, 1.54) is 52.8 Å². The third kappa shape index (κ3) is 3.83. The Labute approximate surface area is 196 Å². The standard InChI is InChI=1S/C25H28N2S.2ClH/c1-27(2)25(23-12-7-17-28-23)15-13-18(14-16-25)26-24-21-10-5-3-8-19(21)20-9-4-6-11-22(20)24;;/h3-12,17-18,24,26H,13-16H2,1-2H3;2*1H. The summed E-state index contributed by atoms with van der Waals surface area (Å²) in [5, 5.41) is 6.26. The van der Waals surface area contributed by atoms with Crippen molar-refractivity contribution in [3.8, 4) is 11.1 Å². The Hall–Kier alpha value is -1.36. The van der Waals surface area contributed by atoms with Crippen LogP contribution in [0.15, 0.2) is 66.0 Å². The minimum absolute atomic E-state index is 0. The van der Waals surface area contributed by atoms with Gasteiger partial charge in [-0.05, 0) is 73.5 Å². The first-order valence-corrected chi connectivity index (χ1v) is 11.2.